The van der Waals surface area contributed by atoms with E-state index in [4.69, 9.17) is 38.6 Å². The number of epoxide rings is 1. The third-order valence-corrected chi connectivity index (χ3v) is 24.4. The van der Waals surface area contributed by atoms with Crippen molar-refractivity contribution in [3.8, 4) is 0 Å². The molecule has 0 N–H and O–H groups in total. The predicted octanol–water partition coefficient (Wildman–Crippen LogP) is 10.2. The molecule has 0 aliphatic carbocycles. The van der Waals surface area contributed by atoms with Crippen LogP contribution in [0.5, 0.6) is 0 Å². The van der Waals surface area contributed by atoms with Gasteiger partial charge in [0.05, 0.1) is 24.9 Å². The summed E-state index contributed by atoms with van der Waals surface area (Å²) in [6, 6.07) is 0. The molecule has 0 amide bonds. The second kappa shape index (κ2) is 18.0. The van der Waals surface area contributed by atoms with Crippen LogP contribution in [0.1, 0.15) is 59.3 Å². The number of thioether (sulfide) groups is 10. The van der Waals surface area contributed by atoms with Crippen molar-refractivity contribution in [3.05, 3.63) is 0 Å². The molecule has 0 aromatic heterocycles. The van der Waals surface area contributed by atoms with E-state index in [0.717, 1.165) is 46.2 Å². The molecule has 7 rings (SSSR count). The lowest BCUT2D eigenvalue weighted by molar-refractivity contribution is 0.106. The average molecular weight is 799 g/mol. The molecule has 2 spiro atoms. The second-order valence-corrected chi connectivity index (χ2v) is 27.5. The summed E-state index contributed by atoms with van der Waals surface area (Å²) in [5.41, 5.74) is 0. The van der Waals surface area contributed by atoms with Gasteiger partial charge in [-0.15, -0.1) is 118 Å². The minimum absolute atomic E-state index is 0.0383. The topological polar surface area (TPSA) is 31.0 Å². The van der Waals surface area contributed by atoms with Crippen molar-refractivity contribution < 1.29 is 14.2 Å². The van der Waals surface area contributed by atoms with Gasteiger partial charge in [-0.3, -0.25) is 0 Å². The molecule has 42 heavy (non-hydrogen) atoms. The normalized spacial score (nSPS) is 42.3. The van der Waals surface area contributed by atoms with Crippen LogP contribution in [0.25, 0.3) is 0 Å². The summed E-state index contributed by atoms with van der Waals surface area (Å²) in [7, 11) is 0. The fourth-order valence-electron chi connectivity index (χ4n) is 4.82. The molecule has 0 radical (unpaired) electrons. The Balaban J connectivity index is 0.000000158. The van der Waals surface area contributed by atoms with E-state index in [9.17, 15) is 0 Å². The molecule has 7 aliphatic rings. The molecule has 9 atom stereocenters. The van der Waals surface area contributed by atoms with Gasteiger partial charge < -0.3 is 14.2 Å². The van der Waals surface area contributed by atoms with Gasteiger partial charge >= 0.3 is 0 Å². The zero-order valence-corrected chi connectivity index (χ0v) is 34.2. The van der Waals surface area contributed by atoms with Crippen LogP contribution in [0.2, 0.25) is 0 Å². The minimum Gasteiger partial charge on any atom is -0.373 e. The first-order valence-corrected chi connectivity index (χ1v) is 25.0. The highest BCUT2D eigenvalue weighted by atomic mass is 32.3. The molecule has 240 valence electrons. The molecule has 7 heterocycles. The molecule has 7 fully saturated rings. The summed E-state index contributed by atoms with van der Waals surface area (Å²) >= 11 is 30.1. The van der Waals surface area contributed by atoms with Crippen molar-refractivity contribution in [3.63, 3.8) is 0 Å². The van der Waals surface area contributed by atoms with E-state index in [1.165, 1.54) is 61.5 Å². The summed E-state index contributed by atoms with van der Waals surface area (Å²) < 4.78 is 19.4. The third kappa shape index (κ3) is 12.2. The van der Waals surface area contributed by atoms with Gasteiger partial charge in [-0.1, -0.05) is 37.3 Å². The zero-order valence-electron chi connectivity index (χ0n) is 24.4. The molecular weight excluding hydrogens is 757 g/mol. The summed E-state index contributed by atoms with van der Waals surface area (Å²) in [5.74, 6) is 7.29. The van der Waals surface area contributed by atoms with E-state index in [-0.39, 0.29) is 7.19 Å². The van der Waals surface area contributed by atoms with E-state index in [1.807, 2.05) is 94.1 Å². The van der Waals surface area contributed by atoms with Crippen molar-refractivity contribution in [2.75, 3.05) is 41.1 Å². The maximum atomic E-state index is 6.16. The number of thiocarbonyl (C=S) groups is 2. The number of hydrogen-bond donors (Lipinski definition) is 0. The lowest BCUT2D eigenvalue weighted by Gasteiger charge is -2.21. The quantitative estimate of drug-likeness (QED) is 0.172. The SMILES string of the molecule is CC1CO1.CC1CSC2(O1)SCC(CCCC1CSC3(OC(C)CS3)S1)S2.S=C1SCC(CCCC2CSC(=S)S2)S1. The van der Waals surface area contributed by atoms with Gasteiger partial charge in [-0.25, -0.2) is 0 Å². The highest BCUT2D eigenvalue weighted by Gasteiger charge is 2.49. The van der Waals surface area contributed by atoms with Gasteiger partial charge in [-0.2, -0.15) is 0 Å². The highest BCUT2D eigenvalue weighted by Crippen LogP contribution is 2.62. The molecule has 7 saturated heterocycles. The largest absolute Gasteiger partial charge is 0.373 e. The Morgan fingerprint density at radius 3 is 1.29 bits per heavy atom. The Bertz CT molecular complexity index is 848. The van der Waals surface area contributed by atoms with E-state index >= 15 is 0 Å². The van der Waals surface area contributed by atoms with Crippen LogP contribution in [0, 0.1) is 0 Å². The molecular formula is C27H42O3S12. The zero-order chi connectivity index (χ0) is 29.6. The Morgan fingerprint density at radius 1 is 0.595 bits per heavy atom. The lowest BCUT2D eigenvalue weighted by Crippen LogP contribution is -2.15. The van der Waals surface area contributed by atoms with Gasteiger partial charge in [0.15, 0.2) is 0 Å². The molecule has 15 heteroatoms. The average Bonchev–Trinajstić information content (AvgIpc) is 3.56. The van der Waals surface area contributed by atoms with Gasteiger partial charge in [0.1, 0.15) is 7.06 Å². The van der Waals surface area contributed by atoms with E-state index in [1.54, 1.807) is 0 Å². The van der Waals surface area contributed by atoms with Crippen LogP contribution >= 0.6 is 142 Å². The second-order valence-electron chi connectivity index (χ2n) is 11.2. The van der Waals surface area contributed by atoms with Crippen LogP contribution in [-0.2, 0) is 14.2 Å². The number of ether oxygens (including phenoxy) is 3. The van der Waals surface area contributed by atoms with Crippen molar-refractivity contribution in [1.29, 1.82) is 0 Å². The van der Waals surface area contributed by atoms with Gasteiger partial charge in [-0.05, 0) is 46.5 Å². The Hall–Kier alpha value is 3.56. The molecule has 3 nitrogen and oxygen atoms in total. The van der Waals surface area contributed by atoms with E-state index < -0.39 is 0 Å². The molecule has 9 unspecified atom stereocenters. The maximum absolute atomic E-state index is 6.16. The molecule has 0 saturated carbocycles. The van der Waals surface area contributed by atoms with Gasteiger partial charge in [0, 0.05) is 55.5 Å². The van der Waals surface area contributed by atoms with Crippen LogP contribution in [0.3, 0.4) is 0 Å². The van der Waals surface area contributed by atoms with Crippen molar-refractivity contribution in [2.24, 2.45) is 0 Å². The summed E-state index contributed by atoms with van der Waals surface area (Å²) in [4.78, 5) is 0. The fraction of sp³-hybridized carbons (Fsp3) is 0.926. The maximum Gasteiger partial charge on any atom is 0.209 e. The highest BCUT2D eigenvalue weighted by molar-refractivity contribution is 8.50. The number of hydrogen-bond acceptors (Lipinski definition) is 15. The first-order chi connectivity index (χ1) is 20.2. The Morgan fingerprint density at radius 2 is 0.976 bits per heavy atom. The predicted molar refractivity (Wildman–Crippen MR) is 215 cm³/mol. The van der Waals surface area contributed by atoms with E-state index in [0.29, 0.717) is 18.3 Å². The van der Waals surface area contributed by atoms with E-state index in [2.05, 4.69) is 44.3 Å². The summed E-state index contributed by atoms with van der Waals surface area (Å²) in [5, 5.41) is 3.13. The van der Waals surface area contributed by atoms with Crippen LogP contribution in [-0.4, -0.2) is 94.7 Å². The first kappa shape index (κ1) is 36.8. The van der Waals surface area contributed by atoms with Crippen LogP contribution < -0.4 is 0 Å². The molecule has 0 aromatic rings. The van der Waals surface area contributed by atoms with Gasteiger partial charge in [0.25, 0.3) is 0 Å². The first-order valence-electron chi connectivity index (χ1n) is 14.8. The standard InChI is InChI=1S/C15H24O2S6.C9H12S6.C3H6O/c1-10-6-18-14(16-10)20-8-12(22-14)4-3-5-13-9-21-15(23-13)17-11(2)7-19-15;10-8-12-4-6(14-8)2-1-3-7-5-13-9(11)15-7;1-3-2-4-3/h10-13H,3-9H2,1-2H3;6-7H,1-5H2;3H,2H2,1H3. The Kier molecular flexibility index (Phi) is 15.8. The molecule has 7 aliphatic heterocycles. The third-order valence-electron chi connectivity index (χ3n) is 7.10. The van der Waals surface area contributed by atoms with Crippen LogP contribution in [0.4, 0.5) is 0 Å². The summed E-state index contributed by atoms with van der Waals surface area (Å²) in [6.45, 7) is 7.44. The monoisotopic (exact) mass is 798 g/mol. The Labute approximate surface area is 306 Å². The van der Waals surface area contributed by atoms with Crippen LogP contribution in [0.15, 0.2) is 0 Å². The number of rotatable bonds is 8. The van der Waals surface area contributed by atoms with Crippen molar-refractivity contribution in [2.45, 2.75) is 106 Å². The summed E-state index contributed by atoms with van der Waals surface area (Å²) in [6.07, 6.45) is 9.46. The molecule has 0 aromatic carbocycles. The van der Waals surface area contributed by atoms with Gasteiger partial charge in [0.2, 0.25) is 7.19 Å². The van der Waals surface area contributed by atoms with Crippen molar-refractivity contribution in [1.82, 2.24) is 0 Å². The molecule has 0 bridgehead atoms. The minimum atomic E-state index is 0.0383. The van der Waals surface area contributed by atoms with Crippen molar-refractivity contribution >= 4 is 149 Å². The fourth-order valence-corrected chi connectivity index (χ4v) is 21.7. The smallest absolute Gasteiger partial charge is 0.209 e. The lowest BCUT2D eigenvalue weighted by atomic mass is 10.1.